The van der Waals surface area contributed by atoms with Gasteiger partial charge in [-0.3, -0.25) is 9.52 Å². The molecule has 0 saturated carbocycles. The molecule has 0 spiro atoms. The van der Waals surface area contributed by atoms with Crippen molar-refractivity contribution in [3.63, 3.8) is 0 Å². The number of carbonyl (C=O) groups is 1. The maximum absolute atomic E-state index is 13.1. The summed E-state index contributed by atoms with van der Waals surface area (Å²) < 4.78 is 59.3. The lowest BCUT2D eigenvalue weighted by Gasteiger charge is -2.19. The number of benzene rings is 2. The number of anilines is 2. The molecule has 2 aromatic rings. The predicted octanol–water partition coefficient (Wildman–Crippen LogP) is 3.51. The molecular weight excluding hydrogens is 475 g/mol. The minimum atomic E-state index is -4.26. The van der Waals surface area contributed by atoms with E-state index in [-0.39, 0.29) is 39.4 Å². The number of amides is 1. The Bertz CT molecular complexity index is 1220. The summed E-state index contributed by atoms with van der Waals surface area (Å²) in [5.41, 5.74) is -0.0113. The van der Waals surface area contributed by atoms with E-state index in [9.17, 15) is 21.6 Å². The van der Waals surface area contributed by atoms with E-state index in [1.165, 1.54) is 37.3 Å². The molecule has 1 amide bonds. The Hall–Kier alpha value is -2.01. The molecule has 12 heteroatoms. The minimum absolute atomic E-state index is 0.00377. The number of nitrogens with zero attached hydrogens (tertiary/aromatic N) is 1. The summed E-state index contributed by atoms with van der Waals surface area (Å²) in [6.45, 7) is 3.33. The fourth-order valence-corrected chi connectivity index (χ4v) is 6.54. The van der Waals surface area contributed by atoms with Gasteiger partial charge in [0.1, 0.15) is 10.6 Å². The summed E-state index contributed by atoms with van der Waals surface area (Å²) in [5.74, 6) is -1.71. The Morgan fingerprint density at radius 2 is 1.90 bits per heavy atom. The molecule has 1 heterocycles. The first kappa shape index (κ1) is 22.7. The number of hydrogen-bond donors (Lipinski definition) is 1. The third-order valence-electron chi connectivity index (χ3n) is 4.29. The van der Waals surface area contributed by atoms with Crippen molar-refractivity contribution in [2.24, 2.45) is 5.92 Å². The molecule has 1 saturated heterocycles. The molecule has 3 rings (SSSR count). The van der Waals surface area contributed by atoms with Crippen LogP contribution in [0.4, 0.5) is 11.4 Å². The molecule has 1 unspecified atom stereocenters. The lowest BCUT2D eigenvalue weighted by molar-refractivity contribution is -0.119. The number of sulfonamides is 2. The van der Waals surface area contributed by atoms with Gasteiger partial charge in [0.25, 0.3) is 10.0 Å². The highest BCUT2D eigenvalue weighted by molar-refractivity contribution is 7.94. The van der Waals surface area contributed by atoms with Crippen LogP contribution in [0.3, 0.4) is 0 Å². The third kappa shape index (κ3) is 4.36. The number of rotatable bonds is 6. The van der Waals surface area contributed by atoms with E-state index < -0.39 is 31.9 Å². The number of halogens is 2. The van der Waals surface area contributed by atoms with Gasteiger partial charge < -0.3 is 4.74 Å². The fraction of sp³-hybridized carbons (Fsp3) is 0.278. The first-order chi connectivity index (χ1) is 14.0. The maximum atomic E-state index is 13.1. The van der Waals surface area contributed by atoms with Crippen LogP contribution in [-0.4, -0.2) is 35.1 Å². The van der Waals surface area contributed by atoms with Crippen LogP contribution in [0, 0.1) is 5.92 Å². The SMILES string of the molecule is CCOc1ccc(N2C(=O)C(C)CS2(=O)=O)cc1S(=O)(=O)Nc1ccc(Cl)cc1Cl. The Kier molecular flexibility index (Phi) is 6.24. The highest BCUT2D eigenvalue weighted by atomic mass is 35.5. The number of nitrogens with one attached hydrogen (secondary N) is 1. The first-order valence-electron chi connectivity index (χ1n) is 8.78. The van der Waals surface area contributed by atoms with E-state index in [1.807, 2.05) is 0 Å². The van der Waals surface area contributed by atoms with Gasteiger partial charge in [0.15, 0.2) is 0 Å². The van der Waals surface area contributed by atoms with Crippen LogP contribution in [0.5, 0.6) is 5.75 Å². The van der Waals surface area contributed by atoms with Crippen LogP contribution in [0.1, 0.15) is 13.8 Å². The number of carbonyl (C=O) groups excluding carboxylic acids is 1. The van der Waals surface area contributed by atoms with Crippen LogP contribution in [-0.2, 0) is 24.8 Å². The molecule has 162 valence electrons. The Labute approximate surface area is 184 Å². The van der Waals surface area contributed by atoms with Crippen LogP contribution in [0.25, 0.3) is 0 Å². The van der Waals surface area contributed by atoms with Gasteiger partial charge in [-0.05, 0) is 43.3 Å². The maximum Gasteiger partial charge on any atom is 0.265 e. The molecule has 2 aromatic carbocycles. The summed E-state index contributed by atoms with van der Waals surface area (Å²) in [7, 11) is -8.16. The molecule has 8 nitrogen and oxygen atoms in total. The van der Waals surface area contributed by atoms with Gasteiger partial charge in [-0.15, -0.1) is 0 Å². The van der Waals surface area contributed by atoms with Crippen LogP contribution >= 0.6 is 23.2 Å². The zero-order valence-corrected chi connectivity index (χ0v) is 19.1. The van der Waals surface area contributed by atoms with Crippen molar-refractivity contribution in [2.75, 3.05) is 21.4 Å². The van der Waals surface area contributed by atoms with Crippen molar-refractivity contribution in [3.05, 3.63) is 46.4 Å². The molecule has 1 aliphatic heterocycles. The van der Waals surface area contributed by atoms with Gasteiger partial charge in [-0.25, -0.2) is 21.1 Å². The van der Waals surface area contributed by atoms with Crippen LogP contribution in [0.2, 0.25) is 10.0 Å². The summed E-state index contributed by atoms with van der Waals surface area (Å²) in [6, 6.07) is 7.95. The molecule has 1 N–H and O–H groups in total. The lowest BCUT2D eigenvalue weighted by atomic mass is 10.2. The van der Waals surface area contributed by atoms with Crippen LogP contribution < -0.4 is 13.8 Å². The van der Waals surface area contributed by atoms with Gasteiger partial charge in [-0.2, -0.15) is 0 Å². The van der Waals surface area contributed by atoms with Gasteiger partial charge in [-0.1, -0.05) is 30.1 Å². The second kappa shape index (κ2) is 8.26. The molecule has 0 aliphatic carbocycles. The second-order valence-corrected chi connectivity index (χ2v) is 10.9. The van der Waals surface area contributed by atoms with Gasteiger partial charge in [0, 0.05) is 5.02 Å². The summed E-state index contributed by atoms with van der Waals surface area (Å²) in [5, 5.41) is 0.401. The topological polar surface area (TPSA) is 110 Å². The Morgan fingerprint density at radius 3 is 2.47 bits per heavy atom. The summed E-state index contributed by atoms with van der Waals surface area (Å²) in [4.78, 5) is 12.0. The summed E-state index contributed by atoms with van der Waals surface area (Å²) in [6.07, 6.45) is 0. The number of hydrogen-bond acceptors (Lipinski definition) is 6. The van der Waals surface area contributed by atoms with Gasteiger partial charge >= 0.3 is 0 Å². The zero-order valence-electron chi connectivity index (χ0n) is 15.9. The average Bonchev–Trinajstić information content (AvgIpc) is 2.85. The van der Waals surface area contributed by atoms with Crippen molar-refractivity contribution >= 4 is 60.5 Å². The monoisotopic (exact) mass is 492 g/mol. The molecule has 0 aromatic heterocycles. The highest BCUT2D eigenvalue weighted by Gasteiger charge is 2.42. The summed E-state index contributed by atoms with van der Waals surface area (Å²) >= 11 is 11.9. The van der Waals surface area contributed by atoms with Gasteiger partial charge in [0.05, 0.1) is 34.7 Å². The molecule has 0 bridgehead atoms. The molecule has 0 radical (unpaired) electrons. The quantitative estimate of drug-likeness (QED) is 0.660. The Balaban J connectivity index is 2.10. The van der Waals surface area contributed by atoms with E-state index in [0.29, 0.717) is 9.33 Å². The molecule has 1 aliphatic rings. The van der Waals surface area contributed by atoms with Crippen molar-refractivity contribution in [2.45, 2.75) is 18.7 Å². The molecule has 30 heavy (non-hydrogen) atoms. The van der Waals surface area contributed by atoms with E-state index in [2.05, 4.69) is 4.72 Å². The fourth-order valence-electron chi connectivity index (χ4n) is 2.97. The van der Waals surface area contributed by atoms with Crippen molar-refractivity contribution < 1.29 is 26.4 Å². The van der Waals surface area contributed by atoms with Gasteiger partial charge in [0.2, 0.25) is 15.9 Å². The standard InChI is InChI=1S/C18H18Cl2N2O6S2/c1-3-28-16-7-5-13(22-18(23)11(2)10-29(22,24)25)9-17(16)30(26,27)21-15-6-4-12(19)8-14(15)20/h4-9,11,21H,3,10H2,1-2H3. The average molecular weight is 493 g/mol. The lowest BCUT2D eigenvalue weighted by Crippen LogP contribution is -2.30. The second-order valence-electron chi connectivity index (χ2n) is 6.58. The predicted molar refractivity (Wildman–Crippen MR) is 115 cm³/mol. The van der Waals surface area contributed by atoms with E-state index in [4.69, 9.17) is 27.9 Å². The molecule has 1 fully saturated rings. The number of ether oxygens (including phenoxy) is 1. The third-order valence-corrected chi connectivity index (χ3v) is 8.09. The molecule has 1 atom stereocenters. The van der Waals surface area contributed by atoms with E-state index in [1.54, 1.807) is 6.92 Å². The Morgan fingerprint density at radius 1 is 1.20 bits per heavy atom. The normalized spacial score (nSPS) is 18.5. The van der Waals surface area contributed by atoms with Crippen molar-refractivity contribution in [3.8, 4) is 5.75 Å². The zero-order chi connectivity index (χ0) is 22.3. The smallest absolute Gasteiger partial charge is 0.265 e. The largest absolute Gasteiger partial charge is 0.492 e. The minimum Gasteiger partial charge on any atom is -0.492 e. The van der Waals surface area contributed by atoms with Crippen LogP contribution in [0.15, 0.2) is 41.3 Å². The van der Waals surface area contributed by atoms with Crippen molar-refractivity contribution in [1.29, 1.82) is 0 Å². The molecular formula is C18H18Cl2N2O6S2. The van der Waals surface area contributed by atoms with E-state index in [0.717, 1.165) is 6.07 Å². The highest BCUT2D eigenvalue weighted by Crippen LogP contribution is 2.36. The van der Waals surface area contributed by atoms with E-state index >= 15 is 0 Å². The first-order valence-corrected chi connectivity index (χ1v) is 12.6. The van der Waals surface area contributed by atoms with Crippen molar-refractivity contribution in [1.82, 2.24) is 0 Å².